The zero-order valence-electron chi connectivity index (χ0n) is 17.0. The summed E-state index contributed by atoms with van der Waals surface area (Å²) in [6.07, 6.45) is 4.26. The molecule has 2 aromatic rings. The lowest BCUT2D eigenvalue weighted by atomic mass is 10.2. The van der Waals surface area contributed by atoms with E-state index >= 15 is 0 Å². The summed E-state index contributed by atoms with van der Waals surface area (Å²) in [5.41, 5.74) is 2.50. The Kier molecular flexibility index (Phi) is 10.7. The van der Waals surface area contributed by atoms with Gasteiger partial charge in [0.15, 0.2) is 0 Å². The van der Waals surface area contributed by atoms with Gasteiger partial charge < -0.3 is 15.5 Å². The Bertz CT molecular complexity index is 808. The molecule has 0 spiro atoms. The molecule has 3 rings (SSSR count). The highest BCUT2D eigenvalue weighted by Crippen LogP contribution is 2.23. The number of anilines is 3. The van der Waals surface area contributed by atoms with E-state index < -0.39 is 0 Å². The Labute approximate surface area is 185 Å². The minimum Gasteiger partial charge on any atom is -0.355 e. The fraction of sp³-hybridized carbons (Fsp3) is 0.476. The molecule has 8 heteroatoms. The molecule has 0 aliphatic carbocycles. The van der Waals surface area contributed by atoms with Gasteiger partial charge in [0.2, 0.25) is 5.95 Å². The number of hydrogen-bond acceptors (Lipinski definition) is 6. The fourth-order valence-corrected chi connectivity index (χ4v) is 3.36. The van der Waals surface area contributed by atoms with Crippen LogP contribution in [0.15, 0.2) is 30.3 Å². The predicted molar refractivity (Wildman–Crippen MR) is 124 cm³/mol. The van der Waals surface area contributed by atoms with Crippen molar-refractivity contribution in [3.8, 4) is 6.07 Å². The van der Waals surface area contributed by atoms with Crippen LogP contribution in [-0.2, 0) is 6.42 Å². The number of nitrogens with zero attached hydrogens (tertiary/aromatic N) is 4. The summed E-state index contributed by atoms with van der Waals surface area (Å²) in [6, 6.07) is 12.2. The minimum atomic E-state index is 0. The van der Waals surface area contributed by atoms with Crippen LogP contribution >= 0.6 is 24.8 Å². The number of nitriles is 1. The Morgan fingerprint density at radius 3 is 2.72 bits per heavy atom. The highest BCUT2D eigenvalue weighted by atomic mass is 35.5. The first-order valence-corrected chi connectivity index (χ1v) is 9.85. The van der Waals surface area contributed by atoms with Crippen molar-refractivity contribution in [2.24, 2.45) is 0 Å². The van der Waals surface area contributed by atoms with Crippen molar-refractivity contribution in [1.29, 1.82) is 5.26 Å². The van der Waals surface area contributed by atoms with Gasteiger partial charge >= 0.3 is 0 Å². The van der Waals surface area contributed by atoms with Gasteiger partial charge in [-0.1, -0.05) is 26.3 Å². The van der Waals surface area contributed by atoms with Crippen molar-refractivity contribution in [1.82, 2.24) is 15.3 Å². The molecule has 1 saturated heterocycles. The third-order valence-electron chi connectivity index (χ3n) is 4.71. The number of nitrogens with one attached hydrogen (secondary N) is 2. The number of hydrogen-bond donors (Lipinski definition) is 2. The molecule has 0 unspecified atom stereocenters. The Morgan fingerprint density at radius 1 is 1.17 bits per heavy atom. The van der Waals surface area contributed by atoms with Crippen molar-refractivity contribution in [2.75, 3.05) is 29.9 Å². The van der Waals surface area contributed by atoms with Gasteiger partial charge in [-0.2, -0.15) is 10.2 Å². The van der Waals surface area contributed by atoms with E-state index in [9.17, 15) is 0 Å². The molecule has 1 aromatic heterocycles. The van der Waals surface area contributed by atoms with Gasteiger partial charge in [0.05, 0.1) is 11.6 Å². The highest BCUT2D eigenvalue weighted by molar-refractivity contribution is 5.85. The van der Waals surface area contributed by atoms with Crippen LogP contribution in [-0.4, -0.2) is 35.6 Å². The molecular formula is C21H30Cl2N6. The van der Waals surface area contributed by atoms with E-state index in [1.54, 1.807) is 6.07 Å². The molecule has 1 aromatic carbocycles. The van der Waals surface area contributed by atoms with Gasteiger partial charge in [-0.15, -0.1) is 24.8 Å². The Balaban J connectivity index is 0.00000210. The maximum absolute atomic E-state index is 9.09. The topological polar surface area (TPSA) is 76.9 Å². The molecule has 1 aliphatic rings. The van der Waals surface area contributed by atoms with Crippen molar-refractivity contribution < 1.29 is 0 Å². The number of aryl methyl sites for hydroxylation is 1. The second kappa shape index (κ2) is 12.5. The van der Waals surface area contributed by atoms with Crippen LogP contribution in [0.2, 0.25) is 0 Å². The van der Waals surface area contributed by atoms with Crippen molar-refractivity contribution in [2.45, 2.75) is 45.6 Å². The third kappa shape index (κ3) is 7.04. The lowest BCUT2D eigenvalue weighted by Gasteiger charge is -2.20. The van der Waals surface area contributed by atoms with Crippen LogP contribution in [0.25, 0.3) is 0 Å². The molecule has 1 aliphatic heterocycles. The highest BCUT2D eigenvalue weighted by Gasteiger charge is 2.23. The van der Waals surface area contributed by atoms with Crippen LogP contribution in [0.1, 0.15) is 44.4 Å². The first kappa shape index (κ1) is 25.0. The predicted octanol–water partition coefficient (Wildman–Crippen LogP) is 4.47. The standard InChI is InChI=1S/C21H28N6.2ClH/c1-3-6-17-13-20(27-11-9-19(15-27)23-10-4-2)26-21(24-17)25-18-8-5-7-16(12-18)14-22;;/h5,7-8,12-13,19,23H,3-4,6,9-11,15H2,1-2H3,(H,24,25,26);2*1H/t19-;;/m0../s1. The van der Waals surface area contributed by atoms with Crippen LogP contribution in [0.3, 0.4) is 0 Å². The Hall–Kier alpha value is -2.07. The fourth-order valence-electron chi connectivity index (χ4n) is 3.36. The van der Waals surface area contributed by atoms with E-state index in [1.165, 1.54) is 0 Å². The zero-order chi connectivity index (χ0) is 19.1. The third-order valence-corrected chi connectivity index (χ3v) is 4.71. The summed E-state index contributed by atoms with van der Waals surface area (Å²) in [7, 11) is 0. The van der Waals surface area contributed by atoms with Crippen molar-refractivity contribution in [3.05, 3.63) is 41.6 Å². The summed E-state index contributed by atoms with van der Waals surface area (Å²) >= 11 is 0. The van der Waals surface area contributed by atoms with Crippen molar-refractivity contribution in [3.63, 3.8) is 0 Å². The number of aromatic nitrogens is 2. The molecule has 1 atom stereocenters. The lowest BCUT2D eigenvalue weighted by molar-refractivity contribution is 0.549. The van der Waals surface area contributed by atoms with E-state index in [0.717, 1.165) is 62.5 Å². The van der Waals surface area contributed by atoms with Gasteiger partial charge in [-0.3, -0.25) is 0 Å². The SMILES string of the molecule is CCCN[C@H]1CCN(c2cc(CCC)nc(Nc3cccc(C#N)c3)n2)C1.Cl.Cl. The largest absolute Gasteiger partial charge is 0.355 e. The number of rotatable bonds is 8. The van der Waals surface area contributed by atoms with Gasteiger partial charge in [-0.25, -0.2) is 4.98 Å². The second-order valence-electron chi connectivity index (χ2n) is 6.99. The quantitative estimate of drug-likeness (QED) is 0.635. The lowest BCUT2D eigenvalue weighted by Crippen LogP contribution is -2.33. The molecule has 0 bridgehead atoms. The molecule has 0 saturated carbocycles. The average Bonchev–Trinajstić information content (AvgIpc) is 3.15. The van der Waals surface area contributed by atoms with Crippen molar-refractivity contribution >= 4 is 42.3 Å². The summed E-state index contributed by atoms with van der Waals surface area (Å²) in [5, 5.41) is 16.0. The van der Waals surface area contributed by atoms with Crippen LogP contribution in [0.5, 0.6) is 0 Å². The number of benzene rings is 1. The minimum absolute atomic E-state index is 0. The normalized spacial score (nSPS) is 15.2. The summed E-state index contributed by atoms with van der Waals surface area (Å²) in [6.45, 7) is 7.40. The van der Waals surface area contributed by atoms with E-state index in [2.05, 4.69) is 46.5 Å². The zero-order valence-corrected chi connectivity index (χ0v) is 18.7. The smallest absolute Gasteiger partial charge is 0.229 e. The van der Waals surface area contributed by atoms with Crippen LogP contribution < -0.4 is 15.5 Å². The van der Waals surface area contributed by atoms with E-state index in [-0.39, 0.29) is 24.8 Å². The van der Waals surface area contributed by atoms with Gasteiger partial charge in [0.1, 0.15) is 5.82 Å². The van der Waals surface area contributed by atoms with Gasteiger partial charge in [0.25, 0.3) is 0 Å². The maximum Gasteiger partial charge on any atom is 0.229 e. The van der Waals surface area contributed by atoms with E-state index in [0.29, 0.717) is 17.6 Å². The summed E-state index contributed by atoms with van der Waals surface area (Å²) in [4.78, 5) is 11.8. The molecule has 0 amide bonds. The van der Waals surface area contributed by atoms with E-state index in [1.807, 2.05) is 18.2 Å². The first-order chi connectivity index (χ1) is 13.2. The molecule has 6 nitrogen and oxygen atoms in total. The van der Waals surface area contributed by atoms with Gasteiger partial charge in [-0.05, 0) is 44.0 Å². The molecule has 2 heterocycles. The average molecular weight is 437 g/mol. The summed E-state index contributed by atoms with van der Waals surface area (Å²) < 4.78 is 0. The Morgan fingerprint density at radius 2 is 2.00 bits per heavy atom. The second-order valence-corrected chi connectivity index (χ2v) is 6.99. The van der Waals surface area contributed by atoms with Crippen LogP contribution in [0.4, 0.5) is 17.5 Å². The molecule has 1 fully saturated rings. The molecule has 29 heavy (non-hydrogen) atoms. The monoisotopic (exact) mass is 436 g/mol. The molecule has 158 valence electrons. The maximum atomic E-state index is 9.09. The number of halogens is 2. The molecular weight excluding hydrogens is 407 g/mol. The first-order valence-electron chi connectivity index (χ1n) is 9.85. The molecule has 2 N–H and O–H groups in total. The van der Waals surface area contributed by atoms with E-state index in [4.69, 9.17) is 10.2 Å². The van der Waals surface area contributed by atoms with Gasteiger partial charge in [0, 0.05) is 36.6 Å². The molecule has 0 radical (unpaired) electrons. The summed E-state index contributed by atoms with van der Waals surface area (Å²) in [5.74, 6) is 1.57. The van der Waals surface area contributed by atoms with Crippen LogP contribution in [0, 0.1) is 11.3 Å².